The van der Waals surface area contributed by atoms with Gasteiger partial charge in [-0.2, -0.15) is 9.39 Å². The number of carbonyl (C=O) groups excluding carboxylic acids is 2. The van der Waals surface area contributed by atoms with Crippen molar-refractivity contribution in [2.45, 2.75) is 6.92 Å². The average molecular weight is 533 g/mol. The summed E-state index contributed by atoms with van der Waals surface area (Å²) < 4.78 is 39.4. The summed E-state index contributed by atoms with van der Waals surface area (Å²) in [6, 6.07) is 10.7. The Kier molecular flexibility index (Phi) is 6.79. The predicted molar refractivity (Wildman–Crippen MR) is 134 cm³/mol. The molecule has 0 aromatic heterocycles. The molecule has 2 aromatic carbocycles. The minimum atomic E-state index is -3.75. The highest BCUT2D eigenvalue weighted by Gasteiger charge is 2.42. The molecule has 2 heterocycles. The Morgan fingerprint density at radius 3 is 2.57 bits per heavy atom. The number of amides is 1. The topological polar surface area (TPSA) is 139 Å². The Morgan fingerprint density at radius 1 is 1.20 bits per heavy atom. The zero-order valence-electron chi connectivity index (χ0n) is 18.3. The van der Waals surface area contributed by atoms with Crippen molar-refractivity contribution in [3.63, 3.8) is 0 Å². The highest BCUT2D eigenvalue weighted by molar-refractivity contribution is 8.16. The maximum absolute atomic E-state index is 12.6. The van der Waals surface area contributed by atoms with Crippen LogP contribution in [0.3, 0.4) is 0 Å². The van der Waals surface area contributed by atoms with Gasteiger partial charge in [0.25, 0.3) is 5.91 Å². The summed E-state index contributed by atoms with van der Waals surface area (Å²) in [7, 11) is -2.36. The van der Waals surface area contributed by atoms with Crippen LogP contribution in [0.2, 0.25) is 5.02 Å². The van der Waals surface area contributed by atoms with Crippen molar-refractivity contribution in [3.05, 3.63) is 64.2 Å². The molecule has 0 atom stereocenters. The Labute approximate surface area is 209 Å². The summed E-state index contributed by atoms with van der Waals surface area (Å²) in [5.41, 5.74) is 0.590. The lowest BCUT2D eigenvalue weighted by atomic mass is 10.1. The molecule has 4 rings (SSSR count). The molecule has 0 aliphatic carbocycles. The monoisotopic (exact) mass is 532 g/mol. The van der Waals surface area contributed by atoms with Gasteiger partial charge >= 0.3 is 5.97 Å². The highest BCUT2D eigenvalue weighted by atomic mass is 35.5. The summed E-state index contributed by atoms with van der Waals surface area (Å²) in [6.45, 7) is 1.46. The molecular weight excluding hydrogens is 516 g/mol. The molecule has 10 nitrogen and oxygen atoms in total. The summed E-state index contributed by atoms with van der Waals surface area (Å²) in [5.74, 6) is -1.57. The van der Waals surface area contributed by atoms with Gasteiger partial charge in [-0.25, -0.2) is 18.1 Å². The third-order valence-corrected chi connectivity index (χ3v) is 7.59. The van der Waals surface area contributed by atoms with Crippen molar-refractivity contribution >= 4 is 67.5 Å². The average Bonchev–Trinajstić information content (AvgIpc) is 3.27. The van der Waals surface area contributed by atoms with Gasteiger partial charge < -0.3 is 9.47 Å². The predicted octanol–water partition coefficient (Wildman–Crippen LogP) is 3.58. The van der Waals surface area contributed by atoms with Crippen molar-refractivity contribution in [3.8, 4) is 11.5 Å². The second-order valence-corrected chi connectivity index (χ2v) is 10.5. The first kappa shape index (κ1) is 24.6. The van der Waals surface area contributed by atoms with Gasteiger partial charge in [-0.3, -0.25) is 10.2 Å². The minimum Gasteiger partial charge on any atom is -0.493 e. The van der Waals surface area contributed by atoms with Gasteiger partial charge in [0.05, 0.1) is 35.9 Å². The van der Waals surface area contributed by atoms with Crippen LogP contribution in [0.4, 0.5) is 0 Å². The second-order valence-electron chi connectivity index (χ2n) is 7.12. The van der Waals surface area contributed by atoms with Gasteiger partial charge in [0.1, 0.15) is 5.84 Å². The van der Waals surface area contributed by atoms with E-state index >= 15 is 0 Å². The lowest BCUT2D eigenvalue weighted by Crippen LogP contribution is -2.45. The van der Waals surface area contributed by atoms with E-state index in [2.05, 4.69) is 9.39 Å². The Hall–Kier alpha value is -3.48. The molecule has 1 amide bonds. The molecule has 0 bridgehead atoms. The van der Waals surface area contributed by atoms with E-state index in [1.54, 1.807) is 18.2 Å². The molecule has 0 spiro atoms. The number of hydrogen-bond acceptors (Lipinski definition) is 9. The first-order valence-electron chi connectivity index (χ1n) is 10.0. The quantitative estimate of drug-likeness (QED) is 0.267. The smallest absolute Gasteiger partial charge is 0.343 e. The zero-order chi connectivity index (χ0) is 25.3. The number of esters is 1. The van der Waals surface area contributed by atoms with Gasteiger partial charge in [0.2, 0.25) is 20.2 Å². The molecule has 2 aliphatic heterocycles. The van der Waals surface area contributed by atoms with Crippen LogP contribution < -0.4 is 9.47 Å². The molecule has 2 aromatic rings. The molecule has 13 heteroatoms. The fourth-order valence-corrected chi connectivity index (χ4v) is 5.19. The summed E-state index contributed by atoms with van der Waals surface area (Å²) in [6.07, 6.45) is 1.37. The lowest BCUT2D eigenvalue weighted by Gasteiger charge is -2.24. The standard InChI is InChI=1S/C22H17ClN4O6S2/c1-3-35(30,31)22-26-34-21-25-19(28)15(18(24)27(21)22)10-12-4-9-16(17(11-12)32-2)33-20(29)13-5-7-14(23)8-6-13/h4-11,24H,3H2,1-2H3/b15-10-,24-18?. The maximum Gasteiger partial charge on any atom is 0.343 e. The van der Waals surface area contributed by atoms with Crippen LogP contribution in [0.1, 0.15) is 22.8 Å². The van der Waals surface area contributed by atoms with Crippen molar-refractivity contribution in [1.82, 2.24) is 4.90 Å². The van der Waals surface area contributed by atoms with Crippen molar-refractivity contribution in [2.75, 3.05) is 12.9 Å². The van der Waals surface area contributed by atoms with Gasteiger partial charge in [-0.1, -0.05) is 24.6 Å². The van der Waals surface area contributed by atoms with Gasteiger partial charge in [-0.05, 0) is 48.0 Å². The third kappa shape index (κ3) is 4.85. The number of nitrogens with zero attached hydrogens (tertiary/aromatic N) is 3. The molecule has 0 radical (unpaired) electrons. The number of carbonyl (C=O) groups is 2. The summed E-state index contributed by atoms with van der Waals surface area (Å²) in [4.78, 5) is 29.9. The fourth-order valence-electron chi connectivity index (χ4n) is 3.10. The van der Waals surface area contributed by atoms with Crippen LogP contribution in [0.15, 0.2) is 57.4 Å². The molecule has 0 unspecified atom stereocenters. The van der Waals surface area contributed by atoms with Crippen molar-refractivity contribution in [1.29, 1.82) is 5.41 Å². The van der Waals surface area contributed by atoms with E-state index in [1.165, 1.54) is 44.4 Å². The van der Waals surface area contributed by atoms with E-state index in [4.69, 9.17) is 26.5 Å². The van der Waals surface area contributed by atoms with Crippen molar-refractivity contribution < 1.29 is 27.5 Å². The number of hydrogen-bond donors (Lipinski definition) is 1. The number of nitrogens with one attached hydrogen (secondary N) is 1. The Balaban J connectivity index is 1.62. The van der Waals surface area contributed by atoms with Crippen molar-refractivity contribution in [2.24, 2.45) is 9.39 Å². The van der Waals surface area contributed by atoms with E-state index < -0.39 is 21.7 Å². The second kappa shape index (κ2) is 9.64. The number of methoxy groups -OCH3 is 1. The number of ether oxygens (including phenoxy) is 2. The van der Waals surface area contributed by atoms with Gasteiger partial charge in [0.15, 0.2) is 11.5 Å². The van der Waals surface area contributed by atoms with Crippen LogP contribution in [0.25, 0.3) is 6.08 Å². The molecule has 0 fully saturated rings. The van der Waals surface area contributed by atoms with Crippen LogP contribution in [-0.2, 0) is 14.6 Å². The Bertz CT molecular complexity index is 1450. The van der Waals surface area contributed by atoms with Crippen LogP contribution in [0.5, 0.6) is 11.5 Å². The van der Waals surface area contributed by atoms with Gasteiger partial charge in [-0.15, -0.1) is 0 Å². The molecule has 180 valence electrons. The van der Waals surface area contributed by atoms with E-state index in [-0.39, 0.29) is 39.0 Å². The van der Waals surface area contributed by atoms with Crippen LogP contribution >= 0.6 is 23.5 Å². The first-order chi connectivity index (χ1) is 16.6. The molecule has 2 aliphatic rings. The molecule has 0 saturated heterocycles. The largest absolute Gasteiger partial charge is 0.493 e. The highest BCUT2D eigenvalue weighted by Crippen LogP contribution is 2.33. The third-order valence-electron chi connectivity index (χ3n) is 4.93. The SMILES string of the molecule is CCS(=O)(=O)C1=NSC2=NC(=O)/C(=C\c3ccc(OC(=O)c4ccc(Cl)cc4)c(OC)c3)C(=N)N21. The number of halogens is 1. The number of amidine groups is 3. The summed E-state index contributed by atoms with van der Waals surface area (Å²) in [5, 5.41) is 8.62. The summed E-state index contributed by atoms with van der Waals surface area (Å²) >= 11 is 6.57. The fraction of sp³-hybridized carbons (Fsp3) is 0.136. The molecule has 1 N–H and O–H groups in total. The van der Waals surface area contributed by atoms with E-state index in [9.17, 15) is 18.0 Å². The molecule has 0 saturated carbocycles. The van der Waals surface area contributed by atoms with E-state index in [0.29, 0.717) is 16.1 Å². The Morgan fingerprint density at radius 2 is 1.91 bits per heavy atom. The number of rotatable bonds is 5. The minimum absolute atomic E-state index is 0.00575. The van der Waals surface area contributed by atoms with E-state index in [0.717, 1.165) is 16.8 Å². The van der Waals surface area contributed by atoms with E-state index in [1.807, 2.05) is 0 Å². The van der Waals surface area contributed by atoms with Crippen LogP contribution in [-0.4, -0.2) is 54.2 Å². The number of sulfone groups is 1. The van der Waals surface area contributed by atoms with Gasteiger partial charge in [0, 0.05) is 5.02 Å². The van der Waals surface area contributed by atoms with Crippen LogP contribution in [0, 0.1) is 5.41 Å². The zero-order valence-corrected chi connectivity index (χ0v) is 20.7. The lowest BCUT2D eigenvalue weighted by molar-refractivity contribution is -0.114. The molecular formula is C22H17ClN4O6S2. The maximum atomic E-state index is 12.6. The number of aliphatic imine (C=N–C) groups is 1. The normalized spacial score (nSPS) is 16.7. The molecule has 35 heavy (non-hydrogen) atoms. The number of fused-ring (bicyclic) bond motifs is 1. The first-order valence-corrected chi connectivity index (χ1v) is 12.8. The number of benzene rings is 2.